The van der Waals surface area contributed by atoms with Gasteiger partial charge in [0.15, 0.2) is 12.2 Å². The van der Waals surface area contributed by atoms with Crippen LogP contribution in [0.4, 0.5) is 0 Å². The number of carbonyl (C=O) groups is 2. The molecule has 6 nitrogen and oxygen atoms in total. The first-order valence-corrected chi connectivity index (χ1v) is 14.8. The molecule has 3 aromatic rings. The number of unbranched alkanes of at least 4 members (excludes halogenated alkanes) is 4. The summed E-state index contributed by atoms with van der Waals surface area (Å²) in [5.74, 6) is -1.99. The van der Waals surface area contributed by atoms with Crippen LogP contribution in [-0.4, -0.2) is 50.6 Å². The number of aliphatic hydroxyl groups is 1. The van der Waals surface area contributed by atoms with Crippen molar-refractivity contribution in [1.29, 1.82) is 0 Å². The molecule has 2 N–H and O–H groups in total. The molecule has 3 aromatic carbocycles. The molecular formula is C31H37ClINO5. The number of carboxylic acid groups (broad SMARTS) is 1. The molecule has 0 aromatic heterocycles. The van der Waals surface area contributed by atoms with Crippen molar-refractivity contribution in [3.8, 4) is 0 Å². The molecule has 0 saturated heterocycles. The van der Waals surface area contributed by atoms with E-state index in [0.717, 1.165) is 55.5 Å². The van der Waals surface area contributed by atoms with Crippen LogP contribution in [0.5, 0.6) is 0 Å². The predicted molar refractivity (Wildman–Crippen MR) is 164 cm³/mol. The standard InChI is InChI=1S/C31H37ClINO5/c1-22-14-15-24(21-27(22)32)11-5-3-9-19-39-29(28(35)31(37)38)30(36)34(33)18-8-2-4-10-23-16-17-25-12-6-7-13-26(25)20-23/h6-7,12-17,20-21,28-29,35H,2-5,8-11,18-19H2,1H3,(H,37,38)/t28-,29?/m1/s1. The van der Waals surface area contributed by atoms with Crippen LogP contribution in [0.15, 0.2) is 60.7 Å². The van der Waals surface area contributed by atoms with Gasteiger partial charge in [0, 0.05) is 18.2 Å². The van der Waals surface area contributed by atoms with E-state index in [2.05, 4.69) is 36.4 Å². The SMILES string of the molecule is Cc1ccc(CCCCCOC(C(=O)N(I)CCCCCc2ccc3ccccc3c2)[C@@H](O)C(=O)O)cc1Cl. The number of amides is 1. The van der Waals surface area contributed by atoms with Crippen LogP contribution in [-0.2, 0) is 27.2 Å². The molecule has 0 aliphatic carbocycles. The summed E-state index contributed by atoms with van der Waals surface area (Å²) in [6.45, 7) is 2.63. The largest absolute Gasteiger partial charge is 0.479 e. The minimum atomic E-state index is -1.91. The maximum atomic E-state index is 12.9. The number of rotatable bonds is 16. The number of nitrogens with zero attached hydrogens (tertiary/aromatic N) is 1. The summed E-state index contributed by atoms with van der Waals surface area (Å²) in [7, 11) is 0. The zero-order valence-corrected chi connectivity index (χ0v) is 25.2. The van der Waals surface area contributed by atoms with Gasteiger partial charge in [-0.05, 0) is 79.0 Å². The van der Waals surface area contributed by atoms with Gasteiger partial charge in [-0.1, -0.05) is 79.0 Å². The van der Waals surface area contributed by atoms with E-state index in [9.17, 15) is 19.8 Å². The number of hydrogen-bond donors (Lipinski definition) is 2. The fourth-order valence-electron chi connectivity index (χ4n) is 4.44. The molecule has 0 fully saturated rings. The Bertz CT molecular complexity index is 1240. The number of benzene rings is 3. The highest BCUT2D eigenvalue weighted by atomic mass is 127. The quantitative estimate of drug-likeness (QED) is 0.0984. The van der Waals surface area contributed by atoms with Crippen LogP contribution in [0.2, 0.25) is 5.02 Å². The van der Waals surface area contributed by atoms with Gasteiger partial charge in [-0.15, -0.1) is 0 Å². The van der Waals surface area contributed by atoms with Gasteiger partial charge in [-0.2, -0.15) is 0 Å². The molecule has 1 amide bonds. The molecule has 0 spiro atoms. The van der Waals surface area contributed by atoms with Crippen LogP contribution < -0.4 is 0 Å². The van der Waals surface area contributed by atoms with Gasteiger partial charge in [0.25, 0.3) is 5.91 Å². The fourth-order valence-corrected chi connectivity index (χ4v) is 5.25. The molecule has 3 rings (SSSR count). The van der Waals surface area contributed by atoms with Crippen molar-refractivity contribution >= 4 is 57.1 Å². The van der Waals surface area contributed by atoms with Crippen molar-refractivity contribution in [3.05, 3.63) is 82.4 Å². The smallest absolute Gasteiger partial charge is 0.335 e. The molecule has 0 aliphatic rings. The van der Waals surface area contributed by atoms with Gasteiger partial charge in [0.1, 0.15) is 0 Å². The average molecular weight is 666 g/mol. The number of ether oxygens (including phenoxy) is 1. The molecule has 1 unspecified atom stereocenters. The summed E-state index contributed by atoms with van der Waals surface area (Å²) in [5, 5.41) is 22.6. The first kappa shape index (κ1) is 31.3. The Hall–Kier alpha value is -2.20. The lowest BCUT2D eigenvalue weighted by atomic mass is 10.0. The average Bonchev–Trinajstić information content (AvgIpc) is 2.93. The van der Waals surface area contributed by atoms with E-state index in [0.29, 0.717) is 13.0 Å². The number of hydrogen-bond acceptors (Lipinski definition) is 4. The Labute approximate surface area is 249 Å². The maximum absolute atomic E-state index is 12.9. The summed E-state index contributed by atoms with van der Waals surface area (Å²) in [4.78, 5) is 24.3. The van der Waals surface area contributed by atoms with E-state index in [-0.39, 0.29) is 6.61 Å². The highest BCUT2D eigenvalue weighted by molar-refractivity contribution is 14.1. The molecule has 8 heteroatoms. The molecule has 0 bridgehead atoms. The number of aliphatic carboxylic acids is 1. The lowest BCUT2D eigenvalue weighted by molar-refractivity contribution is -0.164. The number of halogens is 2. The zero-order valence-electron chi connectivity index (χ0n) is 22.3. The Kier molecular flexibility index (Phi) is 13.0. The van der Waals surface area contributed by atoms with Gasteiger partial charge in [0.05, 0.1) is 22.9 Å². The highest BCUT2D eigenvalue weighted by Crippen LogP contribution is 2.20. The number of carbonyl (C=O) groups excluding carboxylic acids is 1. The molecule has 0 saturated carbocycles. The van der Waals surface area contributed by atoms with Crippen molar-refractivity contribution in [2.75, 3.05) is 13.2 Å². The van der Waals surface area contributed by atoms with Crippen LogP contribution in [0.3, 0.4) is 0 Å². The number of aryl methyl sites for hydroxylation is 3. The first-order valence-electron chi connectivity index (χ1n) is 13.5. The molecule has 2 atom stereocenters. The second kappa shape index (κ2) is 16.2. The monoisotopic (exact) mass is 665 g/mol. The lowest BCUT2D eigenvalue weighted by Crippen LogP contribution is -2.46. The number of fused-ring (bicyclic) bond motifs is 1. The molecule has 0 heterocycles. The van der Waals surface area contributed by atoms with E-state index in [1.165, 1.54) is 25.0 Å². The minimum Gasteiger partial charge on any atom is -0.479 e. The second-order valence-corrected chi connectivity index (χ2v) is 11.5. The van der Waals surface area contributed by atoms with Crippen molar-refractivity contribution in [3.63, 3.8) is 0 Å². The summed E-state index contributed by atoms with van der Waals surface area (Å²) in [5.41, 5.74) is 3.50. The maximum Gasteiger partial charge on any atom is 0.335 e. The van der Waals surface area contributed by atoms with E-state index >= 15 is 0 Å². The van der Waals surface area contributed by atoms with E-state index in [4.69, 9.17) is 16.3 Å². The van der Waals surface area contributed by atoms with Gasteiger partial charge >= 0.3 is 5.97 Å². The lowest BCUT2D eigenvalue weighted by Gasteiger charge is -2.24. The molecule has 0 radical (unpaired) electrons. The summed E-state index contributed by atoms with van der Waals surface area (Å²) >= 11 is 8.07. The van der Waals surface area contributed by atoms with Gasteiger partial charge in [0.2, 0.25) is 0 Å². The molecular weight excluding hydrogens is 629 g/mol. The Balaban J connectivity index is 1.37. The van der Waals surface area contributed by atoms with Crippen molar-refractivity contribution in [2.24, 2.45) is 0 Å². The first-order chi connectivity index (χ1) is 18.8. The third-order valence-corrected chi connectivity index (χ3v) is 8.16. The third-order valence-electron chi connectivity index (χ3n) is 6.80. The van der Waals surface area contributed by atoms with Crippen LogP contribution in [0.25, 0.3) is 10.8 Å². The normalized spacial score (nSPS) is 12.8. The summed E-state index contributed by atoms with van der Waals surface area (Å²) < 4.78 is 7.04. The van der Waals surface area contributed by atoms with Crippen molar-refractivity contribution in [2.45, 2.75) is 70.5 Å². The van der Waals surface area contributed by atoms with Crippen LogP contribution in [0, 0.1) is 6.92 Å². The zero-order chi connectivity index (χ0) is 28.2. The van der Waals surface area contributed by atoms with E-state index in [1.54, 1.807) is 0 Å². The highest BCUT2D eigenvalue weighted by Gasteiger charge is 2.35. The Morgan fingerprint density at radius 3 is 2.23 bits per heavy atom. The predicted octanol–water partition coefficient (Wildman–Crippen LogP) is 6.94. The Morgan fingerprint density at radius 2 is 1.54 bits per heavy atom. The van der Waals surface area contributed by atoms with Gasteiger partial charge < -0.3 is 14.9 Å². The second-order valence-electron chi connectivity index (χ2n) is 9.88. The minimum absolute atomic E-state index is 0.200. The van der Waals surface area contributed by atoms with Crippen LogP contribution >= 0.6 is 34.5 Å². The van der Waals surface area contributed by atoms with Gasteiger partial charge in [-0.3, -0.25) is 7.91 Å². The summed E-state index contributed by atoms with van der Waals surface area (Å²) in [6, 6.07) is 20.9. The fraction of sp³-hybridized carbons (Fsp3) is 0.419. The van der Waals surface area contributed by atoms with E-state index in [1.807, 2.05) is 54.1 Å². The molecule has 39 heavy (non-hydrogen) atoms. The summed E-state index contributed by atoms with van der Waals surface area (Å²) in [6.07, 6.45) is 3.63. The Morgan fingerprint density at radius 1 is 0.897 bits per heavy atom. The van der Waals surface area contributed by atoms with Gasteiger partial charge in [-0.25, -0.2) is 4.79 Å². The van der Waals surface area contributed by atoms with E-state index < -0.39 is 24.1 Å². The topological polar surface area (TPSA) is 87.1 Å². The van der Waals surface area contributed by atoms with Crippen LogP contribution in [0.1, 0.15) is 55.2 Å². The van der Waals surface area contributed by atoms with Crippen molar-refractivity contribution < 1.29 is 24.5 Å². The number of carboxylic acids is 1. The molecule has 0 aliphatic heterocycles. The molecule has 210 valence electrons. The number of aliphatic hydroxyl groups excluding tert-OH is 1. The van der Waals surface area contributed by atoms with Crippen molar-refractivity contribution in [1.82, 2.24) is 3.11 Å². The third kappa shape index (κ3) is 10.0.